The lowest BCUT2D eigenvalue weighted by Crippen LogP contribution is -2.45. The van der Waals surface area contributed by atoms with Crippen LogP contribution in [0.3, 0.4) is 0 Å². The molecular formula is C20H23FN2O2. The van der Waals surface area contributed by atoms with Crippen molar-refractivity contribution in [2.24, 2.45) is 0 Å². The third-order valence-electron chi connectivity index (χ3n) is 4.82. The number of para-hydroxylation sites is 1. The van der Waals surface area contributed by atoms with Gasteiger partial charge in [0.15, 0.2) is 11.6 Å². The Kier molecular flexibility index (Phi) is 5.04. The number of fused-ring (bicyclic) bond motifs is 1. The van der Waals surface area contributed by atoms with Gasteiger partial charge in [0, 0.05) is 18.8 Å². The van der Waals surface area contributed by atoms with E-state index >= 15 is 0 Å². The van der Waals surface area contributed by atoms with Gasteiger partial charge in [-0.3, -0.25) is 9.69 Å². The van der Waals surface area contributed by atoms with Crippen molar-refractivity contribution >= 4 is 11.6 Å². The van der Waals surface area contributed by atoms with Crippen molar-refractivity contribution in [3.8, 4) is 5.75 Å². The Labute approximate surface area is 147 Å². The Morgan fingerprint density at radius 2 is 2.08 bits per heavy atom. The summed E-state index contributed by atoms with van der Waals surface area (Å²) < 4.78 is 18.8. The molecule has 0 N–H and O–H groups in total. The van der Waals surface area contributed by atoms with Gasteiger partial charge in [-0.2, -0.15) is 0 Å². The fourth-order valence-corrected chi connectivity index (χ4v) is 3.21. The number of rotatable bonds is 5. The highest BCUT2D eigenvalue weighted by atomic mass is 19.1. The number of hydrogen-bond donors (Lipinski definition) is 0. The van der Waals surface area contributed by atoms with Gasteiger partial charge >= 0.3 is 0 Å². The summed E-state index contributed by atoms with van der Waals surface area (Å²) in [6.07, 6.45) is 0.891. The Morgan fingerprint density at radius 1 is 1.32 bits per heavy atom. The van der Waals surface area contributed by atoms with Crippen LogP contribution in [0.2, 0.25) is 0 Å². The van der Waals surface area contributed by atoms with E-state index in [0.717, 1.165) is 17.7 Å². The highest BCUT2D eigenvalue weighted by molar-refractivity contribution is 5.98. The molecule has 1 heterocycles. The van der Waals surface area contributed by atoms with Gasteiger partial charge in [0.1, 0.15) is 0 Å². The minimum Gasteiger partial charge on any atom is -0.494 e. The second kappa shape index (κ2) is 7.23. The van der Waals surface area contributed by atoms with Gasteiger partial charge in [0.2, 0.25) is 5.91 Å². The summed E-state index contributed by atoms with van der Waals surface area (Å²) in [5, 5.41) is 0. The van der Waals surface area contributed by atoms with Crippen molar-refractivity contribution in [3.63, 3.8) is 0 Å². The number of nitrogens with zero attached hydrogens (tertiary/aromatic N) is 2. The van der Waals surface area contributed by atoms with Crippen LogP contribution in [-0.2, 0) is 17.8 Å². The molecule has 132 valence electrons. The lowest BCUT2D eigenvalue weighted by Gasteiger charge is -2.28. The zero-order valence-electron chi connectivity index (χ0n) is 14.8. The third kappa shape index (κ3) is 3.51. The molecule has 1 amide bonds. The minimum absolute atomic E-state index is 0.0708. The second-order valence-electron chi connectivity index (χ2n) is 6.43. The van der Waals surface area contributed by atoms with Crippen molar-refractivity contribution < 1.29 is 13.9 Å². The zero-order chi connectivity index (χ0) is 18.0. The molecule has 3 rings (SSSR count). The fraction of sp³-hybridized carbons (Fsp3) is 0.350. The number of carbonyl (C=O) groups is 1. The maximum atomic E-state index is 13.9. The number of methoxy groups -OCH3 is 1. The number of carbonyl (C=O) groups excluding carboxylic acids is 1. The Balaban J connectivity index is 1.69. The summed E-state index contributed by atoms with van der Waals surface area (Å²) in [7, 11) is 3.32. The monoisotopic (exact) mass is 342 g/mol. The number of benzene rings is 2. The van der Waals surface area contributed by atoms with Crippen LogP contribution in [0, 0.1) is 5.82 Å². The van der Waals surface area contributed by atoms with Crippen LogP contribution in [0.15, 0.2) is 42.5 Å². The molecule has 0 unspecified atom stereocenters. The third-order valence-corrected chi connectivity index (χ3v) is 4.82. The molecule has 0 saturated carbocycles. The number of amides is 1. The maximum Gasteiger partial charge on any atom is 0.244 e. The molecule has 25 heavy (non-hydrogen) atoms. The fourth-order valence-electron chi connectivity index (χ4n) is 3.21. The smallest absolute Gasteiger partial charge is 0.244 e. The number of ether oxygens (including phenoxy) is 1. The molecule has 2 aromatic rings. The number of hydrogen-bond acceptors (Lipinski definition) is 3. The predicted molar refractivity (Wildman–Crippen MR) is 96.4 cm³/mol. The van der Waals surface area contributed by atoms with E-state index in [-0.39, 0.29) is 23.5 Å². The first-order valence-electron chi connectivity index (χ1n) is 8.43. The average Bonchev–Trinajstić information content (AvgIpc) is 3.04. The van der Waals surface area contributed by atoms with E-state index in [9.17, 15) is 9.18 Å². The highest BCUT2D eigenvalue weighted by Crippen LogP contribution is 2.28. The summed E-state index contributed by atoms with van der Waals surface area (Å²) in [4.78, 5) is 16.7. The van der Waals surface area contributed by atoms with Crippen LogP contribution in [0.1, 0.15) is 18.1 Å². The minimum atomic E-state index is -0.388. The molecule has 0 bridgehead atoms. The maximum absolute atomic E-state index is 13.9. The molecule has 2 aromatic carbocycles. The van der Waals surface area contributed by atoms with Crippen molar-refractivity contribution in [3.05, 3.63) is 59.4 Å². The summed E-state index contributed by atoms with van der Waals surface area (Å²) in [5.41, 5.74) is 3.02. The molecule has 0 radical (unpaired) electrons. The normalized spacial score (nSPS) is 14.5. The SMILES string of the molecule is COc1ccc(CN(C)[C@@H](C)C(=O)N2CCc3ccccc32)cc1F. The van der Waals surface area contributed by atoms with Crippen LogP contribution >= 0.6 is 0 Å². The molecule has 0 aliphatic carbocycles. The first-order chi connectivity index (χ1) is 12.0. The topological polar surface area (TPSA) is 32.8 Å². The number of anilines is 1. The van der Waals surface area contributed by atoms with Crippen LogP contribution < -0.4 is 9.64 Å². The van der Waals surface area contributed by atoms with Crippen LogP contribution in [0.4, 0.5) is 10.1 Å². The van der Waals surface area contributed by atoms with E-state index < -0.39 is 0 Å². The van der Waals surface area contributed by atoms with Gasteiger partial charge in [-0.1, -0.05) is 24.3 Å². The van der Waals surface area contributed by atoms with E-state index in [4.69, 9.17) is 4.74 Å². The van der Waals surface area contributed by atoms with E-state index in [1.807, 2.05) is 48.0 Å². The largest absolute Gasteiger partial charge is 0.494 e. The zero-order valence-corrected chi connectivity index (χ0v) is 14.8. The Hall–Kier alpha value is -2.40. The quantitative estimate of drug-likeness (QED) is 0.836. The molecule has 0 saturated heterocycles. The van der Waals surface area contributed by atoms with Crippen molar-refractivity contribution in [1.82, 2.24) is 4.90 Å². The van der Waals surface area contributed by atoms with Crippen LogP contribution in [0.5, 0.6) is 5.75 Å². The number of halogens is 1. The number of likely N-dealkylation sites (N-methyl/N-ethyl adjacent to an activating group) is 1. The van der Waals surface area contributed by atoms with Crippen molar-refractivity contribution in [1.29, 1.82) is 0 Å². The van der Waals surface area contributed by atoms with Gasteiger partial charge < -0.3 is 9.64 Å². The first-order valence-corrected chi connectivity index (χ1v) is 8.43. The van der Waals surface area contributed by atoms with E-state index in [1.54, 1.807) is 6.07 Å². The molecule has 0 spiro atoms. The molecule has 1 atom stereocenters. The van der Waals surface area contributed by atoms with E-state index in [1.165, 1.54) is 18.7 Å². The van der Waals surface area contributed by atoms with Gasteiger partial charge in [0.25, 0.3) is 0 Å². The predicted octanol–water partition coefficient (Wildman–Crippen LogP) is 3.24. The highest BCUT2D eigenvalue weighted by Gasteiger charge is 2.29. The molecular weight excluding hydrogens is 319 g/mol. The van der Waals surface area contributed by atoms with Crippen molar-refractivity contribution in [2.45, 2.75) is 25.9 Å². The van der Waals surface area contributed by atoms with Gasteiger partial charge in [0.05, 0.1) is 13.2 Å². The standard InChI is InChI=1S/C20H23FN2O2/c1-14(20(24)23-11-10-16-6-4-5-7-18(16)23)22(2)13-15-8-9-19(25-3)17(21)12-15/h4-9,12,14H,10-11,13H2,1-3H3/t14-/m0/s1. The molecule has 5 heteroatoms. The summed E-state index contributed by atoms with van der Waals surface area (Å²) in [5.74, 6) is -0.0912. The Bertz CT molecular complexity index is 778. The lowest BCUT2D eigenvalue weighted by atomic mass is 10.1. The van der Waals surface area contributed by atoms with Crippen molar-refractivity contribution in [2.75, 3.05) is 25.6 Å². The first kappa shape index (κ1) is 17.4. The lowest BCUT2D eigenvalue weighted by molar-refractivity contribution is -0.122. The van der Waals surface area contributed by atoms with Crippen LogP contribution in [0.25, 0.3) is 0 Å². The molecule has 1 aliphatic heterocycles. The summed E-state index contributed by atoms with van der Waals surface area (Å²) in [6, 6.07) is 12.6. The van der Waals surface area contributed by atoms with E-state index in [2.05, 4.69) is 6.07 Å². The summed E-state index contributed by atoms with van der Waals surface area (Å²) >= 11 is 0. The van der Waals surface area contributed by atoms with Gasteiger partial charge in [-0.25, -0.2) is 4.39 Å². The van der Waals surface area contributed by atoms with Gasteiger partial charge in [-0.05, 0) is 49.7 Å². The summed E-state index contributed by atoms with van der Waals surface area (Å²) in [6.45, 7) is 3.10. The Morgan fingerprint density at radius 3 is 2.80 bits per heavy atom. The van der Waals surface area contributed by atoms with Crippen LogP contribution in [-0.4, -0.2) is 37.6 Å². The molecule has 1 aliphatic rings. The van der Waals surface area contributed by atoms with E-state index in [0.29, 0.717) is 13.1 Å². The average molecular weight is 342 g/mol. The molecule has 4 nitrogen and oxygen atoms in total. The second-order valence-corrected chi connectivity index (χ2v) is 6.43. The molecule has 0 aromatic heterocycles. The molecule has 0 fully saturated rings. The van der Waals surface area contributed by atoms with Gasteiger partial charge in [-0.15, -0.1) is 0 Å².